The average Bonchev–Trinajstić information content (AvgIpc) is 3.26. The fraction of sp³-hybridized carbons (Fsp3) is 0.303. The first-order valence-corrected chi connectivity index (χ1v) is 14.1. The maximum Gasteiger partial charge on any atom is 0.338 e. The lowest BCUT2D eigenvalue weighted by atomic mass is 9.55. The number of ether oxygens (including phenoxy) is 2. The first kappa shape index (κ1) is 27.4. The van der Waals surface area contributed by atoms with Gasteiger partial charge in [-0.3, -0.25) is 24.1 Å². The van der Waals surface area contributed by atoms with Crippen LogP contribution in [0.1, 0.15) is 64.2 Å². The van der Waals surface area contributed by atoms with Crippen molar-refractivity contribution in [2.45, 2.75) is 31.6 Å². The summed E-state index contributed by atoms with van der Waals surface area (Å²) in [5, 5.41) is 2.59. The van der Waals surface area contributed by atoms with E-state index in [1.165, 1.54) is 12.1 Å². The molecule has 0 spiro atoms. The van der Waals surface area contributed by atoms with Crippen LogP contribution in [0.2, 0.25) is 0 Å². The second-order valence-corrected chi connectivity index (χ2v) is 10.8. The lowest BCUT2D eigenvalue weighted by molar-refractivity contribution is -0.154. The Morgan fingerprint density at radius 3 is 1.79 bits per heavy atom. The van der Waals surface area contributed by atoms with Gasteiger partial charge >= 0.3 is 11.9 Å². The highest BCUT2D eigenvalue weighted by Gasteiger charge is 2.61. The zero-order chi connectivity index (χ0) is 29.4. The summed E-state index contributed by atoms with van der Waals surface area (Å²) in [5.41, 5.74) is 4.95. The van der Waals surface area contributed by atoms with E-state index in [4.69, 9.17) is 9.47 Å². The van der Waals surface area contributed by atoms with Crippen molar-refractivity contribution in [3.8, 4) is 0 Å². The van der Waals surface area contributed by atoms with Gasteiger partial charge in [-0.1, -0.05) is 61.9 Å². The van der Waals surface area contributed by atoms with E-state index in [0.717, 1.165) is 40.0 Å². The third-order valence-electron chi connectivity index (χ3n) is 8.33. The van der Waals surface area contributed by atoms with Crippen molar-refractivity contribution in [3.05, 3.63) is 101 Å². The predicted octanol–water partition coefficient (Wildman–Crippen LogP) is 4.02. The number of nitrogens with zero attached hydrogens (tertiary/aromatic N) is 1. The molecule has 3 aromatic rings. The van der Waals surface area contributed by atoms with Crippen LogP contribution in [-0.4, -0.2) is 54.3 Å². The minimum absolute atomic E-state index is 0.264. The molecule has 3 aromatic carbocycles. The molecule has 9 nitrogen and oxygen atoms in total. The molecular weight excluding hydrogens is 536 g/mol. The highest BCUT2D eigenvalue weighted by molar-refractivity contribution is 6.09. The zero-order valence-corrected chi connectivity index (χ0v) is 23.1. The molecule has 7 rings (SSSR count). The first-order valence-electron chi connectivity index (χ1n) is 14.1. The van der Waals surface area contributed by atoms with Crippen molar-refractivity contribution in [2.75, 3.05) is 25.1 Å². The van der Waals surface area contributed by atoms with Gasteiger partial charge in [0.15, 0.2) is 6.61 Å². The Labute approximate surface area is 242 Å². The quantitative estimate of drug-likeness (QED) is 0.236. The molecule has 1 saturated heterocycles. The number of amides is 3. The van der Waals surface area contributed by atoms with Crippen LogP contribution in [-0.2, 0) is 28.7 Å². The lowest BCUT2D eigenvalue weighted by Gasteiger charge is -2.45. The van der Waals surface area contributed by atoms with E-state index < -0.39 is 54.6 Å². The van der Waals surface area contributed by atoms with Crippen molar-refractivity contribution in [2.24, 2.45) is 11.8 Å². The molecule has 1 fully saturated rings. The van der Waals surface area contributed by atoms with Gasteiger partial charge in [0.05, 0.1) is 24.0 Å². The number of nitrogens with one attached hydrogen (secondary N) is 1. The summed E-state index contributed by atoms with van der Waals surface area (Å²) in [4.78, 5) is 65.3. The molecule has 2 atom stereocenters. The minimum atomic E-state index is -0.849. The van der Waals surface area contributed by atoms with E-state index in [1.807, 2.05) is 55.5 Å². The summed E-state index contributed by atoms with van der Waals surface area (Å²) in [7, 11) is 0. The highest BCUT2D eigenvalue weighted by atomic mass is 16.5. The summed E-state index contributed by atoms with van der Waals surface area (Å²) < 4.78 is 10.3. The van der Waals surface area contributed by atoms with E-state index in [0.29, 0.717) is 17.9 Å². The van der Waals surface area contributed by atoms with Crippen molar-refractivity contribution >= 4 is 35.3 Å². The molecule has 3 aliphatic carbocycles. The van der Waals surface area contributed by atoms with Crippen molar-refractivity contribution in [3.63, 3.8) is 0 Å². The number of rotatable bonds is 9. The Kier molecular flexibility index (Phi) is 7.33. The molecule has 1 heterocycles. The third-order valence-corrected chi connectivity index (χ3v) is 8.33. The fourth-order valence-electron chi connectivity index (χ4n) is 6.49. The van der Waals surface area contributed by atoms with Crippen molar-refractivity contribution < 1.29 is 33.4 Å². The number of carbonyl (C=O) groups is 5. The number of imide groups is 1. The monoisotopic (exact) mass is 566 g/mol. The van der Waals surface area contributed by atoms with Gasteiger partial charge < -0.3 is 14.8 Å². The number of hydrogen-bond donors (Lipinski definition) is 1. The highest BCUT2D eigenvalue weighted by Crippen LogP contribution is 2.60. The van der Waals surface area contributed by atoms with Gasteiger partial charge in [-0.05, 0) is 52.9 Å². The molecule has 0 aromatic heterocycles. The Balaban J connectivity index is 1.07. The fourth-order valence-corrected chi connectivity index (χ4v) is 6.49. The van der Waals surface area contributed by atoms with Crippen LogP contribution >= 0.6 is 0 Å². The average molecular weight is 567 g/mol. The number of esters is 2. The molecule has 0 unspecified atom stereocenters. The van der Waals surface area contributed by atoms with Gasteiger partial charge in [-0.25, -0.2) is 4.79 Å². The summed E-state index contributed by atoms with van der Waals surface area (Å²) >= 11 is 0. The SMILES string of the molecule is CCCCOC(=O)c1ccc(NC(=O)COC(=O)CN2C(=O)[C@@H]3C4c5ccccc5C(c5ccccc54)[C@H]3C2=O)cc1. The standard InChI is InChI=1S/C33H30N2O7/c1-2-3-16-41-33(40)19-12-14-20(15-13-19)34-25(36)18-42-26(37)17-35-31(38)29-27-21-8-4-5-9-22(21)28(30(29)32(35)39)24-11-7-6-10-23(24)27/h4-15,27-30H,2-3,16-18H2,1H3,(H,34,36)/t27?,28?,29-,30-/m1/s1. The lowest BCUT2D eigenvalue weighted by Crippen LogP contribution is -2.41. The molecule has 1 aliphatic heterocycles. The van der Waals surface area contributed by atoms with Crippen molar-refractivity contribution in [1.82, 2.24) is 4.90 Å². The molecule has 0 saturated carbocycles. The number of hydrogen-bond acceptors (Lipinski definition) is 7. The summed E-state index contributed by atoms with van der Waals surface area (Å²) in [6.07, 6.45) is 1.70. The van der Waals surface area contributed by atoms with Gasteiger partial charge in [-0.15, -0.1) is 0 Å². The Morgan fingerprint density at radius 1 is 0.762 bits per heavy atom. The summed E-state index contributed by atoms with van der Waals surface area (Å²) in [5.74, 6) is -4.37. The number of likely N-dealkylation sites (tertiary alicyclic amines) is 1. The number of unbranched alkanes of at least 4 members (excludes halogenated alkanes) is 1. The Hall–Kier alpha value is -4.79. The van der Waals surface area contributed by atoms with Crippen LogP contribution in [0.3, 0.4) is 0 Å². The molecular formula is C33H30N2O7. The largest absolute Gasteiger partial charge is 0.462 e. The second-order valence-electron chi connectivity index (χ2n) is 10.8. The van der Waals surface area contributed by atoms with E-state index in [-0.39, 0.29) is 11.8 Å². The van der Waals surface area contributed by atoms with E-state index in [9.17, 15) is 24.0 Å². The van der Waals surface area contributed by atoms with Crippen LogP contribution in [0.4, 0.5) is 5.69 Å². The Morgan fingerprint density at radius 2 is 1.29 bits per heavy atom. The number of benzene rings is 3. The van der Waals surface area contributed by atoms with Crippen LogP contribution in [0.25, 0.3) is 0 Å². The Bertz CT molecular complexity index is 1470. The van der Waals surface area contributed by atoms with Crippen molar-refractivity contribution in [1.29, 1.82) is 0 Å². The molecule has 3 amide bonds. The molecule has 9 heteroatoms. The van der Waals surface area contributed by atoms with Gasteiger partial charge in [0.1, 0.15) is 6.54 Å². The molecule has 2 bridgehead atoms. The van der Waals surface area contributed by atoms with Crippen LogP contribution in [0, 0.1) is 11.8 Å². The normalized spacial score (nSPS) is 21.3. The molecule has 1 N–H and O–H groups in total. The van der Waals surface area contributed by atoms with Gasteiger partial charge in [-0.2, -0.15) is 0 Å². The molecule has 214 valence electrons. The van der Waals surface area contributed by atoms with Gasteiger partial charge in [0.25, 0.3) is 5.91 Å². The molecule has 0 radical (unpaired) electrons. The third kappa shape index (κ3) is 4.74. The van der Waals surface area contributed by atoms with E-state index in [2.05, 4.69) is 5.32 Å². The van der Waals surface area contributed by atoms with Crippen LogP contribution in [0.15, 0.2) is 72.8 Å². The van der Waals surface area contributed by atoms with E-state index in [1.54, 1.807) is 12.1 Å². The summed E-state index contributed by atoms with van der Waals surface area (Å²) in [6, 6.07) is 22.0. The topological polar surface area (TPSA) is 119 Å². The maximum absolute atomic E-state index is 13.6. The van der Waals surface area contributed by atoms with Gasteiger partial charge in [0, 0.05) is 17.5 Å². The van der Waals surface area contributed by atoms with Gasteiger partial charge in [0.2, 0.25) is 11.8 Å². The minimum Gasteiger partial charge on any atom is -0.462 e. The van der Waals surface area contributed by atoms with Crippen LogP contribution < -0.4 is 5.32 Å². The smallest absolute Gasteiger partial charge is 0.338 e. The first-order chi connectivity index (χ1) is 20.4. The predicted molar refractivity (Wildman–Crippen MR) is 151 cm³/mol. The summed E-state index contributed by atoms with van der Waals surface area (Å²) in [6.45, 7) is 1.20. The maximum atomic E-state index is 13.6. The molecule has 42 heavy (non-hydrogen) atoms. The zero-order valence-electron chi connectivity index (χ0n) is 23.1. The second kappa shape index (κ2) is 11.2. The number of carbonyl (C=O) groups excluding carboxylic acids is 5. The van der Waals surface area contributed by atoms with E-state index >= 15 is 0 Å². The van der Waals surface area contributed by atoms with Crippen LogP contribution in [0.5, 0.6) is 0 Å². The molecule has 4 aliphatic rings. The number of anilines is 1.